The van der Waals surface area contributed by atoms with Crippen LogP contribution in [0.1, 0.15) is 35.6 Å². The SMILES string of the molecule is CCC(CNC(=O)Cc1ccccc1C)N1CCc2ccccc2C1. The number of hydrogen-bond donors (Lipinski definition) is 1. The molecule has 0 saturated heterocycles. The zero-order chi connectivity index (χ0) is 17.6. The fraction of sp³-hybridized carbons (Fsp3) is 0.409. The van der Waals surface area contributed by atoms with E-state index >= 15 is 0 Å². The Hall–Kier alpha value is -2.13. The summed E-state index contributed by atoms with van der Waals surface area (Å²) in [5.74, 6) is 0.116. The first-order chi connectivity index (χ1) is 12.2. The highest BCUT2D eigenvalue weighted by molar-refractivity contribution is 5.78. The van der Waals surface area contributed by atoms with E-state index in [2.05, 4.69) is 54.4 Å². The second kappa shape index (κ2) is 8.30. The van der Waals surface area contributed by atoms with Gasteiger partial charge in [-0.15, -0.1) is 0 Å². The van der Waals surface area contributed by atoms with Crippen molar-refractivity contribution in [2.24, 2.45) is 0 Å². The molecule has 3 rings (SSSR count). The molecule has 1 N–H and O–H groups in total. The number of nitrogens with zero attached hydrogens (tertiary/aromatic N) is 1. The predicted molar refractivity (Wildman–Crippen MR) is 103 cm³/mol. The molecule has 1 atom stereocenters. The van der Waals surface area contributed by atoms with Crippen molar-refractivity contribution in [3.8, 4) is 0 Å². The number of carbonyl (C=O) groups is 1. The summed E-state index contributed by atoms with van der Waals surface area (Å²) in [6.07, 6.45) is 2.61. The number of carbonyl (C=O) groups excluding carboxylic acids is 1. The van der Waals surface area contributed by atoms with Crippen molar-refractivity contribution in [1.29, 1.82) is 0 Å². The molecular formula is C22H28N2O. The first kappa shape index (κ1) is 17.7. The van der Waals surface area contributed by atoms with Gasteiger partial charge in [0, 0.05) is 25.7 Å². The van der Waals surface area contributed by atoms with Gasteiger partial charge >= 0.3 is 0 Å². The monoisotopic (exact) mass is 336 g/mol. The van der Waals surface area contributed by atoms with Gasteiger partial charge in [-0.05, 0) is 42.0 Å². The molecule has 2 aromatic rings. The Kier molecular flexibility index (Phi) is 5.87. The molecule has 0 aliphatic carbocycles. The van der Waals surface area contributed by atoms with E-state index in [9.17, 15) is 4.79 Å². The summed E-state index contributed by atoms with van der Waals surface area (Å²) in [5, 5.41) is 3.15. The van der Waals surface area contributed by atoms with Gasteiger partial charge in [-0.25, -0.2) is 0 Å². The Labute approximate surface area is 151 Å². The van der Waals surface area contributed by atoms with Crippen LogP contribution < -0.4 is 5.32 Å². The Morgan fingerprint density at radius 1 is 1.12 bits per heavy atom. The summed E-state index contributed by atoms with van der Waals surface area (Å²) < 4.78 is 0. The van der Waals surface area contributed by atoms with Crippen LogP contribution in [0.3, 0.4) is 0 Å². The molecule has 3 heteroatoms. The predicted octanol–water partition coefficient (Wildman–Crippen LogP) is 3.49. The lowest BCUT2D eigenvalue weighted by Crippen LogP contribution is -2.46. The largest absolute Gasteiger partial charge is 0.354 e. The quantitative estimate of drug-likeness (QED) is 0.876. The van der Waals surface area contributed by atoms with Crippen LogP contribution in [-0.4, -0.2) is 29.9 Å². The fourth-order valence-electron chi connectivity index (χ4n) is 3.64. The molecule has 0 spiro atoms. The normalized spacial score (nSPS) is 15.4. The third-order valence-corrected chi connectivity index (χ3v) is 5.29. The van der Waals surface area contributed by atoms with E-state index in [1.54, 1.807) is 0 Å². The summed E-state index contributed by atoms with van der Waals surface area (Å²) in [5.41, 5.74) is 5.19. The minimum absolute atomic E-state index is 0.116. The van der Waals surface area contributed by atoms with Crippen LogP contribution in [-0.2, 0) is 24.2 Å². The Bertz CT molecular complexity index is 725. The minimum atomic E-state index is 0.116. The van der Waals surface area contributed by atoms with Crippen molar-refractivity contribution in [1.82, 2.24) is 10.2 Å². The molecule has 0 bridgehead atoms. The van der Waals surface area contributed by atoms with Gasteiger partial charge in [-0.2, -0.15) is 0 Å². The molecule has 1 heterocycles. The van der Waals surface area contributed by atoms with Crippen LogP contribution in [0.15, 0.2) is 48.5 Å². The third kappa shape index (κ3) is 4.49. The van der Waals surface area contributed by atoms with Gasteiger partial charge in [0.15, 0.2) is 0 Å². The lowest BCUT2D eigenvalue weighted by molar-refractivity contribution is -0.120. The highest BCUT2D eigenvalue weighted by atomic mass is 16.1. The highest BCUT2D eigenvalue weighted by Gasteiger charge is 2.22. The zero-order valence-electron chi connectivity index (χ0n) is 15.3. The maximum Gasteiger partial charge on any atom is 0.224 e. The number of nitrogens with one attached hydrogen (secondary N) is 1. The maximum absolute atomic E-state index is 12.3. The van der Waals surface area contributed by atoms with E-state index in [0.29, 0.717) is 12.5 Å². The van der Waals surface area contributed by atoms with E-state index < -0.39 is 0 Å². The fourth-order valence-corrected chi connectivity index (χ4v) is 3.64. The first-order valence-corrected chi connectivity index (χ1v) is 9.29. The number of hydrogen-bond acceptors (Lipinski definition) is 2. The second-order valence-corrected chi connectivity index (χ2v) is 6.96. The van der Waals surface area contributed by atoms with Gasteiger partial charge in [0.25, 0.3) is 0 Å². The van der Waals surface area contributed by atoms with Gasteiger partial charge < -0.3 is 5.32 Å². The smallest absolute Gasteiger partial charge is 0.224 e. The molecule has 1 aliphatic rings. The number of aryl methyl sites for hydroxylation is 1. The average Bonchev–Trinajstić information content (AvgIpc) is 2.64. The molecule has 1 unspecified atom stereocenters. The summed E-state index contributed by atoms with van der Waals surface area (Å²) in [7, 11) is 0. The van der Waals surface area contributed by atoms with Crippen LogP contribution in [0.4, 0.5) is 0 Å². The van der Waals surface area contributed by atoms with Crippen molar-refractivity contribution in [3.63, 3.8) is 0 Å². The topological polar surface area (TPSA) is 32.3 Å². The Morgan fingerprint density at radius 3 is 2.60 bits per heavy atom. The molecule has 0 aromatic heterocycles. The minimum Gasteiger partial charge on any atom is -0.354 e. The van der Waals surface area contributed by atoms with Crippen LogP contribution in [0, 0.1) is 6.92 Å². The van der Waals surface area contributed by atoms with E-state index in [-0.39, 0.29) is 5.91 Å². The van der Waals surface area contributed by atoms with E-state index in [1.807, 2.05) is 18.2 Å². The third-order valence-electron chi connectivity index (χ3n) is 5.29. The van der Waals surface area contributed by atoms with Gasteiger partial charge in [0.05, 0.1) is 6.42 Å². The van der Waals surface area contributed by atoms with Crippen molar-refractivity contribution in [3.05, 3.63) is 70.8 Å². The summed E-state index contributed by atoms with van der Waals surface area (Å²) in [4.78, 5) is 14.8. The van der Waals surface area contributed by atoms with E-state index in [4.69, 9.17) is 0 Å². The van der Waals surface area contributed by atoms with Crippen molar-refractivity contribution in [2.45, 2.75) is 45.7 Å². The second-order valence-electron chi connectivity index (χ2n) is 6.96. The number of benzene rings is 2. The van der Waals surface area contributed by atoms with Gasteiger partial charge in [0.2, 0.25) is 5.91 Å². The first-order valence-electron chi connectivity index (χ1n) is 9.29. The maximum atomic E-state index is 12.3. The van der Waals surface area contributed by atoms with Gasteiger partial charge in [0.1, 0.15) is 0 Å². The standard InChI is InChI=1S/C22H28N2O/c1-3-21(24-13-12-18-9-6-7-11-20(18)16-24)15-23-22(25)14-19-10-5-4-8-17(19)2/h4-11,21H,3,12-16H2,1-2H3,(H,23,25). The summed E-state index contributed by atoms with van der Waals surface area (Å²) >= 11 is 0. The number of rotatable bonds is 6. The molecule has 25 heavy (non-hydrogen) atoms. The lowest BCUT2D eigenvalue weighted by Gasteiger charge is -2.35. The average molecular weight is 336 g/mol. The summed E-state index contributed by atoms with van der Waals surface area (Å²) in [6.45, 7) is 7.05. The molecular weight excluding hydrogens is 308 g/mol. The van der Waals surface area contributed by atoms with Crippen molar-refractivity contribution >= 4 is 5.91 Å². The molecule has 0 fully saturated rings. The van der Waals surface area contributed by atoms with Crippen LogP contribution >= 0.6 is 0 Å². The molecule has 2 aromatic carbocycles. The molecule has 1 amide bonds. The van der Waals surface area contributed by atoms with Crippen molar-refractivity contribution in [2.75, 3.05) is 13.1 Å². The lowest BCUT2D eigenvalue weighted by atomic mass is 9.98. The molecule has 3 nitrogen and oxygen atoms in total. The molecule has 0 saturated carbocycles. The van der Waals surface area contributed by atoms with Crippen LogP contribution in [0.5, 0.6) is 0 Å². The summed E-state index contributed by atoms with van der Waals surface area (Å²) in [6, 6.07) is 17.2. The molecule has 132 valence electrons. The number of fused-ring (bicyclic) bond motifs is 1. The Balaban J connectivity index is 1.54. The highest BCUT2D eigenvalue weighted by Crippen LogP contribution is 2.21. The van der Waals surface area contributed by atoms with Crippen molar-refractivity contribution < 1.29 is 4.79 Å². The van der Waals surface area contributed by atoms with Crippen LogP contribution in [0.25, 0.3) is 0 Å². The molecule has 1 aliphatic heterocycles. The van der Waals surface area contributed by atoms with Crippen LogP contribution in [0.2, 0.25) is 0 Å². The zero-order valence-corrected chi connectivity index (χ0v) is 15.3. The number of amides is 1. The van der Waals surface area contributed by atoms with E-state index in [0.717, 1.165) is 38.0 Å². The van der Waals surface area contributed by atoms with Gasteiger partial charge in [-0.3, -0.25) is 9.69 Å². The molecule has 0 radical (unpaired) electrons. The Morgan fingerprint density at radius 2 is 1.84 bits per heavy atom. The van der Waals surface area contributed by atoms with E-state index in [1.165, 1.54) is 16.7 Å². The van der Waals surface area contributed by atoms with Gasteiger partial charge in [-0.1, -0.05) is 55.5 Å².